The molecule has 2 fully saturated rings. The van der Waals surface area contributed by atoms with Gasteiger partial charge < -0.3 is 20.7 Å². The van der Waals surface area contributed by atoms with Gasteiger partial charge in [-0.25, -0.2) is 0 Å². The van der Waals surface area contributed by atoms with Crippen LogP contribution in [0.1, 0.15) is 47.2 Å². The predicted molar refractivity (Wildman–Crippen MR) is 106 cm³/mol. The Balaban J connectivity index is 1.34. The molecule has 0 radical (unpaired) electrons. The zero-order valence-corrected chi connectivity index (χ0v) is 16.5. The molecule has 0 spiro atoms. The summed E-state index contributed by atoms with van der Waals surface area (Å²) in [5.41, 5.74) is 8.41. The van der Waals surface area contributed by atoms with E-state index in [9.17, 15) is 14.4 Å². The molecule has 2 saturated heterocycles. The molecule has 0 aromatic heterocycles. The lowest BCUT2D eigenvalue weighted by atomic mass is 9.95. The van der Waals surface area contributed by atoms with Gasteiger partial charge in [0.1, 0.15) is 6.04 Å². The number of nitrogens with one attached hydrogen (secondary N) is 2. The van der Waals surface area contributed by atoms with Crippen LogP contribution in [0.15, 0.2) is 18.2 Å². The highest BCUT2D eigenvalue weighted by Crippen LogP contribution is 2.28. The molecule has 3 aliphatic heterocycles. The van der Waals surface area contributed by atoms with E-state index >= 15 is 0 Å². The number of piperidine rings is 1. The van der Waals surface area contributed by atoms with Crippen molar-refractivity contribution < 1.29 is 19.1 Å². The summed E-state index contributed by atoms with van der Waals surface area (Å²) in [5.74, 6) is -0.219. The molecule has 3 heterocycles. The lowest BCUT2D eigenvalue weighted by Gasteiger charge is -2.29. The van der Waals surface area contributed by atoms with Crippen molar-refractivity contribution in [2.45, 2.75) is 50.9 Å². The minimum Gasteiger partial charge on any atom is -0.377 e. The zero-order valence-electron chi connectivity index (χ0n) is 16.5. The number of carbonyl (C=O) groups excluding carboxylic acids is 3. The molecule has 0 saturated carbocycles. The maximum atomic E-state index is 12.7. The van der Waals surface area contributed by atoms with Crippen LogP contribution < -0.4 is 16.4 Å². The third-order valence-corrected chi connectivity index (χ3v) is 6.09. The van der Waals surface area contributed by atoms with Crippen LogP contribution in [0.25, 0.3) is 0 Å². The van der Waals surface area contributed by atoms with Gasteiger partial charge in [0.25, 0.3) is 5.91 Å². The van der Waals surface area contributed by atoms with Crippen LogP contribution >= 0.6 is 0 Å². The van der Waals surface area contributed by atoms with Gasteiger partial charge in [-0.1, -0.05) is 12.1 Å². The fraction of sp³-hybridized carbons (Fsp3) is 0.571. The van der Waals surface area contributed by atoms with Crippen molar-refractivity contribution in [1.82, 2.24) is 15.5 Å². The van der Waals surface area contributed by atoms with Crippen LogP contribution in [0, 0.1) is 5.92 Å². The summed E-state index contributed by atoms with van der Waals surface area (Å²) >= 11 is 0. The van der Waals surface area contributed by atoms with E-state index in [1.165, 1.54) is 0 Å². The third-order valence-electron chi connectivity index (χ3n) is 6.09. The number of ether oxygens (including phenoxy) is 1. The summed E-state index contributed by atoms with van der Waals surface area (Å²) in [6, 6.07) is 5.28. The van der Waals surface area contributed by atoms with Crippen molar-refractivity contribution in [1.29, 1.82) is 0 Å². The van der Waals surface area contributed by atoms with Crippen molar-refractivity contribution in [3.05, 3.63) is 34.9 Å². The van der Waals surface area contributed by atoms with Crippen LogP contribution in [0.2, 0.25) is 0 Å². The molecule has 0 bridgehead atoms. The van der Waals surface area contributed by atoms with Gasteiger partial charge in [0, 0.05) is 38.2 Å². The average Bonchev–Trinajstić information content (AvgIpc) is 3.04. The van der Waals surface area contributed by atoms with Gasteiger partial charge in [0.2, 0.25) is 11.8 Å². The second kappa shape index (κ2) is 8.61. The molecule has 8 heteroatoms. The first-order chi connectivity index (χ1) is 14.0. The first-order valence-electron chi connectivity index (χ1n) is 10.3. The number of hydrogen-bond donors (Lipinski definition) is 3. The normalized spacial score (nSPS) is 27.1. The second-order valence-electron chi connectivity index (χ2n) is 8.14. The van der Waals surface area contributed by atoms with Crippen molar-refractivity contribution in [3.63, 3.8) is 0 Å². The van der Waals surface area contributed by atoms with E-state index in [0.29, 0.717) is 31.0 Å². The number of hydrogen-bond acceptors (Lipinski definition) is 6. The highest BCUT2D eigenvalue weighted by atomic mass is 16.5. The largest absolute Gasteiger partial charge is 0.377 e. The predicted octanol–water partition coefficient (Wildman–Crippen LogP) is 0.291. The van der Waals surface area contributed by atoms with Crippen LogP contribution in [0.4, 0.5) is 0 Å². The van der Waals surface area contributed by atoms with Crippen molar-refractivity contribution in [3.8, 4) is 0 Å². The number of benzene rings is 1. The highest BCUT2D eigenvalue weighted by molar-refractivity contribution is 6.05. The number of nitrogens with zero attached hydrogens (tertiary/aromatic N) is 1. The number of fused-ring (bicyclic) bond motifs is 1. The molecule has 1 aromatic carbocycles. The SMILES string of the molecule is NCC1CC(CNCc2ccc3c(c2)CN(C2CCC(=O)NC2=O)C3=O)CCO1. The lowest BCUT2D eigenvalue weighted by Crippen LogP contribution is -2.52. The number of amides is 3. The summed E-state index contributed by atoms with van der Waals surface area (Å²) in [6.07, 6.45) is 2.85. The van der Waals surface area contributed by atoms with Crippen LogP contribution in [0.3, 0.4) is 0 Å². The fourth-order valence-corrected chi connectivity index (χ4v) is 4.47. The van der Waals surface area contributed by atoms with E-state index in [4.69, 9.17) is 10.5 Å². The topological polar surface area (TPSA) is 114 Å². The van der Waals surface area contributed by atoms with Crippen LogP contribution in [-0.2, 0) is 27.4 Å². The van der Waals surface area contributed by atoms with E-state index in [-0.39, 0.29) is 30.2 Å². The Morgan fingerprint density at radius 2 is 2.10 bits per heavy atom. The molecule has 3 aliphatic rings. The second-order valence-corrected chi connectivity index (χ2v) is 8.14. The molecule has 4 N–H and O–H groups in total. The Labute approximate surface area is 170 Å². The van der Waals surface area contributed by atoms with E-state index in [0.717, 1.165) is 43.7 Å². The van der Waals surface area contributed by atoms with Gasteiger partial charge in [-0.3, -0.25) is 19.7 Å². The van der Waals surface area contributed by atoms with Crippen LogP contribution in [-0.4, -0.2) is 54.5 Å². The maximum absolute atomic E-state index is 12.7. The summed E-state index contributed by atoms with van der Waals surface area (Å²) in [4.78, 5) is 37.8. The molecule has 0 aliphatic carbocycles. The molecule has 3 unspecified atom stereocenters. The van der Waals surface area contributed by atoms with Gasteiger partial charge >= 0.3 is 0 Å². The van der Waals surface area contributed by atoms with Crippen molar-refractivity contribution >= 4 is 17.7 Å². The standard InChI is InChI=1S/C21H28N4O4/c22-9-16-8-14(5-6-29-16)11-23-10-13-1-2-17-15(7-13)12-25(21(17)28)18-3-4-19(26)24-20(18)27/h1-2,7,14,16,18,23H,3-6,8-12,22H2,(H,24,26,27). The van der Waals surface area contributed by atoms with Gasteiger partial charge in [-0.15, -0.1) is 0 Å². The van der Waals surface area contributed by atoms with Crippen molar-refractivity contribution in [2.24, 2.45) is 11.7 Å². The van der Waals surface area contributed by atoms with Crippen molar-refractivity contribution in [2.75, 3.05) is 19.7 Å². The molecule has 8 nitrogen and oxygen atoms in total. The lowest BCUT2D eigenvalue weighted by molar-refractivity contribution is -0.136. The van der Waals surface area contributed by atoms with Gasteiger partial charge in [-0.2, -0.15) is 0 Å². The van der Waals surface area contributed by atoms with E-state index in [1.54, 1.807) is 4.90 Å². The molecule has 3 amide bonds. The first-order valence-corrected chi connectivity index (χ1v) is 10.3. The Morgan fingerprint density at radius 1 is 1.24 bits per heavy atom. The Morgan fingerprint density at radius 3 is 2.90 bits per heavy atom. The Hall–Kier alpha value is -2.29. The number of nitrogens with two attached hydrogens (primary N) is 1. The molecule has 4 rings (SSSR count). The van der Waals surface area contributed by atoms with Gasteiger partial charge in [-0.05, 0) is 48.9 Å². The quantitative estimate of drug-likeness (QED) is 0.592. The molecule has 1 aromatic rings. The van der Waals surface area contributed by atoms with E-state index in [1.807, 2.05) is 18.2 Å². The molecule has 156 valence electrons. The highest BCUT2D eigenvalue weighted by Gasteiger charge is 2.39. The maximum Gasteiger partial charge on any atom is 0.255 e. The first kappa shape index (κ1) is 20.0. The monoisotopic (exact) mass is 400 g/mol. The number of imide groups is 1. The Kier molecular flexibility index (Phi) is 5.94. The minimum atomic E-state index is -0.571. The zero-order chi connectivity index (χ0) is 20.4. The number of rotatable bonds is 6. The number of carbonyl (C=O) groups is 3. The summed E-state index contributed by atoms with van der Waals surface area (Å²) in [5, 5.41) is 5.84. The van der Waals surface area contributed by atoms with Crippen LogP contribution in [0.5, 0.6) is 0 Å². The third kappa shape index (κ3) is 4.34. The smallest absolute Gasteiger partial charge is 0.255 e. The average molecular weight is 400 g/mol. The minimum absolute atomic E-state index is 0.135. The molecular formula is C21H28N4O4. The summed E-state index contributed by atoms with van der Waals surface area (Å²) in [6.45, 7) is 3.39. The summed E-state index contributed by atoms with van der Waals surface area (Å²) < 4.78 is 5.62. The van der Waals surface area contributed by atoms with Gasteiger partial charge in [0.15, 0.2) is 0 Å². The molecule has 3 atom stereocenters. The summed E-state index contributed by atoms with van der Waals surface area (Å²) in [7, 11) is 0. The fourth-order valence-electron chi connectivity index (χ4n) is 4.47. The Bertz CT molecular complexity index is 812. The molecular weight excluding hydrogens is 372 g/mol. The van der Waals surface area contributed by atoms with E-state index in [2.05, 4.69) is 10.6 Å². The molecule has 29 heavy (non-hydrogen) atoms. The van der Waals surface area contributed by atoms with Gasteiger partial charge in [0.05, 0.1) is 6.10 Å². The van der Waals surface area contributed by atoms with E-state index < -0.39 is 6.04 Å².